The van der Waals surface area contributed by atoms with Gasteiger partial charge in [0.2, 0.25) is 0 Å². The first-order valence-electron chi connectivity index (χ1n) is 4.31. The number of hydrogen-bond donors (Lipinski definition) is 2. The summed E-state index contributed by atoms with van der Waals surface area (Å²) in [6.45, 7) is 0. The first-order valence-corrected chi connectivity index (χ1v) is 4.31. The lowest BCUT2D eigenvalue weighted by Gasteiger charge is -2.00. The van der Waals surface area contributed by atoms with Gasteiger partial charge < -0.3 is 5.11 Å². The Balaban J connectivity index is 2.58. The van der Waals surface area contributed by atoms with Crippen LogP contribution in [0.3, 0.4) is 0 Å². The number of aromatic amines is 1. The van der Waals surface area contributed by atoms with Crippen molar-refractivity contribution in [3.8, 4) is 11.3 Å². The molecule has 0 fully saturated rings. The number of carboxylic acids is 1. The van der Waals surface area contributed by atoms with Gasteiger partial charge in [0.05, 0.1) is 11.9 Å². The maximum absolute atomic E-state index is 12.9. The third kappa shape index (κ3) is 1.77. The number of aromatic carboxylic acids is 1. The predicted octanol–water partition coefficient (Wildman–Crippen LogP) is 2.05. The Morgan fingerprint density at radius 3 is 2.44 bits per heavy atom. The predicted molar refractivity (Wildman–Crippen MR) is 50.9 cm³/mol. The standard InChI is InChI=1S/C10H6F2N2O2/c11-6-1-5(2-7(12)3-6)9-8(10(15)16)4-13-14-9/h1-4H,(H,13,14)(H,15,16). The fraction of sp³-hybridized carbons (Fsp3) is 0. The molecular formula is C10H6F2N2O2. The Kier molecular flexibility index (Phi) is 2.40. The molecule has 0 amide bonds. The molecule has 1 aromatic carbocycles. The van der Waals surface area contributed by atoms with Gasteiger partial charge in [-0.3, -0.25) is 5.10 Å². The summed E-state index contributed by atoms with van der Waals surface area (Å²) in [7, 11) is 0. The number of benzene rings is 1. The summed E-state index contributed by atoms with van der Waals surface area (Å²) in [5.41, 5.74) is 0.0447. The van der Waals surface area contributed by atoms with Gasteiger partial charge in [-0.25, -0.2) is 13.6 Å². The fourth-order valence-corrected chi connectivity index (χ4v) is 1.37. The number of halogens is 2. The summed E-state index contributed by atoms with van der Waals surface area (Å²) in [5.74, 6) is -2.77. The van der Waals surface area contributed by atoms with E-state index in [0.29, 0.717) is 6.07 Å². The summed E-state index contributed by atoms with van der Waals surface area (Å²) in [6, 6.07) is 2.77. The highest BCUT2D eigenvalue weighted by Crippen LogP contribution is 2.22. The summed E-state index contributed by atoms with van der Waals surface area (Å²) in [4.78, 5) is 10.8. The second-order valence-electron chi connectivity index (χ2n) is 3.12. The van der Waals surface area contributed by atoms with E-state index in [1.54, 1.807) is 0 Å². The number of hydrogen-bond acceptors (Lipinski definition) is 2. The number of carbonyl (C=O) groups is 1. The maximum Gasteiger partial charge on any atom is 0.339 e. The number of H-pyrrole nitrogens is 1. The van der Waals surface area contributed by atoms with E-state index < -0.39 is 17.6 Å². The molecule has 0 spiro atoms. The van der Waals surface area contributed by atoms with Crippen LogP contribution in [0.4, 0.5) is 8.78 Å². The molecule has 4 nitrogen and oxygen atoms in total. The van der Waals surface area contributed by atoms with E-state index in [1.807, 2.05) is 0 Å². The molecule has 6 heteroatoms. The van der Waals surface area contributed by atoms with Crippen LogP contribution in [-0.2, 0) is 0 Å². The second kappa shape index (κ2) is 3.73. The Labute approximate surface area is 88.5 Å². The van der Waals surface area contributed by atoms with Crippen LogP contribution in [0.5, 0.6) is 0 Å². The Hall–Kier alpha value is -2.24. The van der Waals surface area contributed by atoms with Crippen LogP contribution in [0.15, 0.2) is 24.4 Å². The van der Waals surface area contributed by atoms with E-state index >= 15 is 0 Å². The molecule has 2 rings (SSSR count). The summed E-state index contributed by atoms with van der Waals surface area (Å²) in [5, 5.41) is 14.7. The van der Waals surface area contributed by atoms with E-state index in [0.717, 1.165) is 18.3 Å². The molecule has 0 atom stereocenters. The molecule has 2 N–H and O–H groups in total. The first kappa shape index (κ1) is 10.3. The molecule has 0 unspecified atom stereocenters. The zero-order valence-corrected chi connectivity index (χ0v) is 7.87. The van der Waals surface area contributed by atoms with Gasteiger partial charge in [-0.2, -0.15) is 5.10 Å². The largest absolute Gasteiger partial charge is 0.478 e. The first-order chi connectivity index (χ1) is 7.58. The van der Waals surface area contributed by atoms with Crippen molar-refractivity contribution >= 4 is 5.97 Å². The zero-order valence-electron chi connectivity index (χ0n) is 7.87. The number of carboxylic acid groups (broad SMARTS) is 1. The van der Waals surface area contributed by atoms with Crippen LogP contribution in [-0.4, -0.2) is 21.3 Å². The third-order valence-electron chi connectivity index (χ3n) is 2.02. The van der Waals surface area contributed by atoms with Gasteiger partial charge in [0.1, 0.15) is 17.2 Å². The van der Waals surface area contributed by atoms with Crippen molar-refractivity contribution in [1.82, 2.24) is 10.2 Å². The minimum Gasteiger partial charge on any atom is -0.478 e. The van der Waals surface area contributed by atoms with E-state index in [4.69, 9.17) is 5.11 Å². The van der Waals surface area contributed by atoms with Crippen LogP contribution in [0, 0.1) is 11.6 Å². The minimum atomic E-state index is -1.21. The van der Waals surface area contributed by atoms with Crippen LogP contribution < -0.4 is 0 Å². The summed E-state index contributed by atoms with van der Waals surface area (Å²) < 4.78 is 25.9. The van der Waals surface area contributed by atoms with Crippen LogP contribution in [0.25, 0.3) is 11.3 Å². The molecule has 0 aliphatic rings. The molecule has 0 bridgehead atoms. The van der Waals surface area contributed by atoms with Crippen LogP contribution in [0.1, 0.15) is 10.4 Å². The van der Waals surface area contributed by atoms with Gasteiger partial charge in [0.25, 0.3) is 0 Å². The van der Waals surface area contributed by atoms with Gasteiger partial charge in [0, 0.05) is 11.6 Å². The fourth-order valence-electron chi connectivity index (χ4n) is 1.37. The molecule has 1 aromatic heterocycles. The lowest BCUT2D eigenvalue weighted by molar-refractivity contribution is 0.0698. The van der Waals surface area contributed by atoms with Crippen molar-refractivity contribution in [2.24, 2.45) is 0 Å². The molecule has 0 aliphatic heterocycles. The highest BCUT2D eigenvalue weighted by molar-refractivity contribution is 5.94. The van der Waals surface area contributed by atoms with Gasteiger partial charge in [0.15, 0.2) is 0 Å². The number of rotatable bonds is 2. The highest BCUT2D eigenvalue weighted by Gasteiger charge is 2.15. The quantitative estimate of drug-likeness (QED) is 0.820. The van der Waals surface area contributed by atoms with Crippen molar-refractivity contribution < 1.29 is 18.7 Å². The normalized spacial score (nSPS) is 10.4. The second-order valence-corrected chi connectivity index (χ2v) is 3.12. The van der Waals surface area contributed by atoms with Crippen molar-refractivity contribution in [3.05, 3.63) is 41.6 Å². The Bertz CT molecular complexity index is 531. The number of aromatic nitrogens is 2. The van der Waals surface area contributed by atoms with Gasteiger partial charge in [-0.15, -0.1) is 0 Å². The molecule has 0 aliphatic carbocycles. The third-order valence-corrected chi connectivity index (χ3v) is 2.02. The van der Waals surface area contributed by atoms with E-state index in [9.17, 15) is 13.6 Å². The van der Waals surface area contributed by atoms with Crippen LogP contribution in [0.2, 0.25) is 0 Å². The van der Waals surface area contributed by atoms with Crippen molar-refractivity contribution in [3.63, 3.8) is 0 Å². The van der Waals surface area contributed by atoms with Gasteiger partial charge in [-0.1, -0.05) is 0 Å². The monoisotopic (exact) mass is 224 g/mol. The van der Waals surface area contributed by atoms with E-state index in [1.165, 1.54) is 0 Å². The Morgan fingerprint density at radius 2 is 1.88 bits per heavy atom. The topological polar surface area (TPSA) is 66.0 Å². The zero-order chi connectivity index (χ0) is 11.7. The SMILES string of the molecule is O=C(O)c1cn[nH]c1-c1cc(F)cc(F)c1. The van der Waals surface area contributed by atoms with Crippen molar-refractivity contribution in [1.29, 1.82) is 0 Å². The van der Waals surface area contributed by atoms with Crippen LogP contribution >= 0.6 is 0 Å². The smallest absolute Gasteiger partial charge is 0.339 e. The maximum atomic E-state index is 12.9. The molecule has 1 heterocycles. The van der Waals surface area contributed by atoms with E-state index in [-0.39, 0.29) is 16.8 Å². The highest BCUT2D eigenvalue weighted by atomic mass is 19.1. The molecule has 0 radical (unpaired) electrons. The van der Waals surface area contributed by atoms with Crippen molar-refractivity contribution in [2.75, 3.05) is 0 Å². The number of nitrogens with zero attached hydrogens (tertiary/aromatic N) is 1. The average molecular weight is 224 g/mol. The summed E-state index contributed by atoms with van der Waals surface area (Å²) >= 11 is 0. The van der Waals surface area contributed by atoms with Crippen molar-refractivity contribution in [2.45, 2.75) is 0 Å². The molecule has 16 heavy (non-hydrogen) atoms. The Morgan fingerprint density at radius 1 is 1.25 bits per heavy atom. The lowest BCUT2D eigenvalue weighted by atomic mass is 10.1. The number of nitrogens with one attached hydrogen (secondary N) is 1. The van der Waals surface area contributed by atoms with E-state index in [2.05, 4.69) is 10.2 Å². The molecular weight excluding hydrogens is 218 g/mol. The van der Waals surface area contributed by atoms with Gasteiger partial charge >= 0.3 is 5.97 Å². The molecule has 0 saturated carbocycles. The lowest BCUT2D eigenvalue weighted by Crippen LogP contribution is -1.97. The van der Waals surface area contributed by atoms with Gasteiger partial charge in [-0.05, 0) is 12.1 Å². The molecule has 2 aromatic rings. The molecule has 82 valence electrons. The average Bonchev–Trinajstić information content (AvgIpc) is 2.63. The minimum absolute atomic E-state index is 0.0749. The summed E-state index contributed by atoms with van der Waals surface area (Å²) in [6.07, 6.45) is 1.08. The molecule has 0 saturated heterocycles.